The fourth-order valence-corrected chi connectivity index (χ4v) is 4.73. The van der Waals surface area contributed by atoms with E-state index in [0.717, 1.165) is 35.2 Å². The molecule has 0 atom stereocenters. The predicted molar refractivity (Wildman–Crippen MR) is 140 cm³/mol. The minimum atomic E-state index is -0.410. The van der Waals surface area contributed by atoms with Gasteiger partial charge in [0.05, 0.1) is 42.8 Å². The van der Waals surface area contributed by atoms with Crippen LogP contribution in [0.1, 0.15) is 35.2 Å². The number of rotatable bonds is 10. The van der Waals surface area contributed by atoms with Crippen molar-refractivity contribution < 1.29 is 23.8 Å². The molecular formula is C29H29FN4O4. The number of nitrogens with one attached hydrogen (secondary N) is 1. The molecule has 2 aliphatic rings. The number of halogens is 1. The Bertz CT molecular complexity index is 1500. The van der Waals surface area contributed by atoms with Crippen LogP contribution in [0.25, 0.3) is 16.9 Å². The molecule has 0 bridgehead atoms. The fourth-order valence-electron chi connectivity index (χ4n) is 4.73. The van der Waals surface area contributed by atoms with Crippen LogP contribution in [0.2, 0.25) is 0 Å². The number of carbonyl (C=O) groups is 1. The van der Waals surface area contributed by atoms with Crippen LogP contribution in [0.4, 0.5) is 10.1 Å². The number of anilines is 1. The third kappa shape index (κ3) is 4.87. The highest BCUT2D eigenvalue weighted by Gasteiger charge is 2.38. The number of carbonyl (C=O) groups excluding carboxylic acids is 1. The van der Waals surface area contributed by atoms with Crippen LogP contribution in [-0.2, 0) is 4.74 Å². The first kappa shape index (κ1) is 24.5. The quantitative estimate of drug-likeness (QED) is 0.285. The highest BCUT2D eigenvalue weighted by atomic mass is 19.1. The number of aliphatic hydroxyl groups excluding tert-OH is 1. The molecule has 2 aromatic carbocycles. The maximum absolute atomic E-state index is 13.8. The van der Waals surface area contributed by atoms with Crippen molar-refractivity contribution in [1.82, 2.24) is 14.6 Å². The molecule has 0 radical (unpaired) electrons. The molecule has 1 saturated heterocycles. The molecule has 8 nitrogen and oxygen atoms in total. The summed E-state index contributed by atoms with van der Waals surface area (Å²) in [6.07, 6.45) is 4.61. The number of fused-ring (bicyclic) bond motifs is 1. The maximum Gasteiger partial charge on any atom is 0.239 e. The van der Waals surface area contributed by atoms with E-state index in [-0.39, 0.29) is 23.7 Å². The molecule has 2 N–H and O–H groups in total. The van der Waals surface area contributed by atoms with E-state index in [2.05, 4.69) is 15.4 Å². The largest absolute Gasteiger partial charge is 0.437 e. The Labute approximate surface area is 219 Å². The van der Waals surface area contributed by atoms with Gasteiger partial charge < -0.3 is 19.9 Å². The molecule has 1 saturated carbocycles. The first-order valence-electron chi connectivity index (χ1n) is 12.8. The normalized spacial score (nSPS) is 16.3. The lowest BCUT2D eigenvalue weighted by molar-refractivity contribution is -0.128. The molecular weight excluding hydrogens is 487 g/mol. The summed E-state index contributed by atoms with van der Waals surface area (Å²) in [6.45, 7) is 3.35. The van der Waals surface area contributed by atoms with Crippen molar-refractivity contribution >= 4 is 17.1 Å². The number of aromatic nitrogens is 3. The van der Waals surface area contributed by atoms with Crippen LogP contribution in [0.5, 0.6) is 11.6 Å². The Balaban J connectivity index is 1.37. The van der Waals surface area contributed by atoms with Crippen LogP contribution in [0, 0.1) is 24.1 Å². The molecule has 2 fully saturated rings. The molecule has 1 aliphatic carbocycles. The first-order chi connectivity index (χ1) is 18.4. The van der Waals surface area contributed by atoms with Gasteiger partial charge in [0.2, 0.25) is 5.88 Å². The van der Waals surface area contributed by atoms with Crippen LogP contribution >= 0.6 is 0 Å². The summed E-state index contributed by atoms with van der Waals surface area (Å²) in [5.74, 6) is 0.872. The number of ketones is 1. The Morgan fingerprint density at radius 2 is 2.08 bits per heavy atom. The Morgan fingerprint density at radius 1 is 1.24 bits per heavy atom. The van der Waals surface area contributed by atoms with Gasteiger partial charge in [-0.2, -0.15) is 0 Å². The lowest BCUT2D eigenvalue weighted by Crippen LogP contribution is -2.50. The standard InChI is InChI=1S/C29H29FN4O4/c1-18-9-20(7-8-23(18)26(36)10-19-5-6-19)25-13-31-28-24(32-14-29(15-35)16-37-17-29)12-27(33-34(25)28)38-22-4-2-3-21(30)11-22/h2-4,7-9,11-13,19,32,35H,5-6,10,14-17H2,1H3. The maximum atomic E-state index is 13.8. The number of benzene rings is 2. The average Bonchev–Trinajstić information content (AvgIpc) is 3.58. The van der Waals surface area contributed by atoms with Crippen LogP contribution in [-0.4, -0.2) is 51.9 Å². The van der Waals surface area contributed by atoms with Crippen LogP contribution in [0.3, 0.4) is 0 Å². The van der Waals surface area contributed by atoms with E-state index in [1.54, 1.807) is 28.9 Å². The van der Waals surface area contributed by atoms with E-state index in [9.17, 15) is 14.3 Å². The van der Waals surface area contributed by atoms with E-state index in [1.165, 1.54) is 12.1 Å². The summed E-state index contributed by atoms with van der Waals surface area (Å²) in [6, 6.07) is 13.4. The SMILES string of the molecule is Cc1cc(-c2cnc3c(NCC4(CO)COC4)cc(Oc4cccc(F)c4)nn23)ccc1C(=O)CC1CC1. The molecule has 196 valence electrons. The van der Waals surface area contributed by atoms with Gasteiger partial charge in [-0.1, -0.05) is 18.2 Å². The third-order valence-electron chi connectivity index (χ3n) is 7.26. The van der Waals surface area contributed by atoms with Gasteiger partial charge in [-0.25, -0.2) is 13.9 Å². The molecule has 3 heterocycles. The number of Topliss-reactive ketones (excluding diaryl/α,β-unsaturated/α-hetero) is 1. The molecule has 38 heavy (non-hydrogen) atoms. The van der Waals surface area contributed by atoms with Gasteiger partial charge in [0, 0.05) is 36.2 Å². The van der Waals surface area contributed by atoms with E-state index < -0.39 is 5.82 Å². The van der Waals surface area contributed by atoms with Crippen molar-refractivity contribution in [2.45, 2.75) is 26.2 Å². The average molecular weight is 517 g/mol. The molecule has 4 aromatic rings. The minimum Gasteiger partial charge on any atom is -0.437 e. The predicted octanol–water partition coefficient (Wildman–Crippen LogP) is 5.04. The number of ether oxygens (including phenoxy) is 2. The van der Waals surface area contributed by atoms with Gasteiger partial charge in [0.25, 0.3) is 0 Å². The third-order valence-corrected chi connectivity index (χ3v) is 7.26. The molecule has 6 rings (SSSR count). The molecule has 0 spiro atoms. The number of hydrogen-bond acceptors (Lipinski definition) is 7. The van der Waals surface area contributed by atoms with Crippen molar-refractivity contribution in [1.29, 1.82) is 0 Å². The molecule has 2 aromatic heterocycles. The number of aliphatic hydroxyl groups is 1. The minimum absolute atomic E-state index is 0.00119. The summed E-state index contributed by atoms with van der Waals surface area (Å²) in [7, 11) is 0. The van der Waals surface area contributed by atoms with Crippen molar-refractivity contribution in [3.05, 3.63) is 71.7 Å². The lowest BCUT2D eigenvalue weighted by atomic mass is 9.87. The van der Waals surface area contributed by atoms with Crippen molar-refractivity contribution in [2.75, 3.05) is 31.7 Å². The number of aryl methyl sites for hydroxylation is 1. The zero-order chi connectivity index (χ0) is 26.3. The number of hydrogen-bond donors (Lipinski definition) is 2. The van der Waals surface area contributed by atoms with Crippen LogP contribution in [0.15, 0.2) is 54.7 Å². The second-order valence-corrected chi connectivity index (χ2v) is 10.4. The van der Waals surface area contributed by atoms with Gasteiger partial charge in [-0.15, -0.1) is 5.10 Å². The summed E-state index contributed by atoms with van der Waals surface area (Å²) in [5.41, 5.74) is 4.11. The van der Waals surface area contributed by atoms with Gasteiger partial charge in [-0.05, 0) is 49.4 Å². The zero-order valence-corrected chi connectivity index (χ0v) is 21.1. The van der Waals surface area contributed by atoms with E-state index in [1.807, 2.05) is 25.1 Å². The summed E-state index contributed by atoms with van der Waals surface area (Å²) >= 11 is 0. The highest BCUT2D eigenvalue weighted by Crippen LogP contribution is 2.35. The molecule has 9 heteroatoms. The van der Waals surface area contributed by atoms with E-state index in [4.69, 9.17) is 9.47 Å². The zero-order valence-electron chi connectivity index (χ0n) is 21.1. The van der Waals surface area contributed by atoms with E-state index >= 15 is 0 Å². The smallest absolute Gasteiger partial charge is 0.239 e. The van der Waals surface area contributed by atoms with Gasteiger partial charge in [0.15, 0.2) is 11.4 Å². The van der Waals surface area contributed by atoms with E-state index in [0.29, 0.717) is 49.2 Å². The second-order valence-electron chi connectivity index (χ2n) is 10.4. The van der Waals surface area contributed by atoms with Gasteiger partial charge in [-0.3, -0.25) is 4.79 Å². The number of imidazole rings is 1. The Kier molecular flexibility index (Phi) is 6.33. The summed E-state index contributed by atoms with van der Waals surface area (Å²) in [4.78, 5) is 17.3. The molecule has 1 aliphatic heterocycles. The second kappa shape index (κ2) is 9.81. The summed E-state index contributed by atoms with van der Waals surface area (Å²) < 4.78 is 26.7. The molecule has 0 amide bonds. The van der Waals surface area contributed by atoms with Crippen LogP contribution < -0.4 is 10.1 Å². The highest BCUT2D eigenvalue weighted by molar-refractivity contribution is 5.98. The van der Waals surface area contributed by atoms with Gasteiger partial charge >= 0.3 is 0 Å². The van der Waals surface area contributed by atoms with Crippen molar-refractivity contribution in [2.24, 2.45) is 11.3 Å². The lowest BCUT2D eigenvalue weighted by Gasteiger charge is -2.40. The van der Waals surface area contributed by atoms with Gasteiger partial charge in [0.1, 0.15) is 11.6 Å². The first-order valence-corrected chi connectivity index (χ1v) is 12.8. The monoisotopic (exact) mass is 516 g/mol. The Morgan fingerprint density at radius 3 is 2.76 bits per heavy atom. The Hall–Kier alpha value is -3.82. The topological polar surface area (TPSA) is 98.0 Å². The number of nitrogens with zero attached hydrogens (tertiary/aromatic N) is 3. The van der Waals surface area contributed by atoms with Crippen molar-refractivity contribution in [3.8, 4) is 22.9 Å². The molecule has 0 unspecified atom stereocenters. The fraction of sp³-hybridized carbons (Fsp3) is 0.345. The van der Waals surface area contributed by atoms with Crippen molar-refractivity contribution in [3.63, 3.8) is 0 Å². The summed E-state index contributed by atoms with van der Waals surface area (Å²) in [5, 5.41) is 17.9.